The van der Waals surface area contributed by atoms with E-state index in [2.05, 4.69) is 0 Å². The van der Waals surface area contributed by atoms with Gasteiger partial charge in [0.25, 0.3) is 0 Å². The number of hydrogen-bond donors (Lipinski definition) is 3. The number of aromatic hydroxyl groups is 2. The molecule has 2 aromatic carbocycles. The molecule has 0 saturated heterocycles. The summed E-state index contributed by atoms with van der Waals surface area (Å²) in [7, 11) is 5.84. The van der Waals surface area contributed by atoms with E-state index in [-0.39, 0.29) is 40.6 Å². The molecule has 0 saturated carbocycles. The summed E-state index contributed by atoms with van der Waals surface area (Å²) in [6.07, 6.45) is -0.267. The van der Waals surface area contributed by atoms with Crippen molar-refractivity contribution in [2.75, 3.05) is 28.4 Å². The standard InChI is InChI=1S/C22H28O7/c1-10-7-12-8-14(23)19(26-3)21(28-5)16(12)17-13(18(25)11(10)2)9-15(24)20(27-4)22(17)29-6/h8-11,18,23-25H,7H2,1-6H3/t10-,11-,18+/m0/s1. The number of methoxy groups -OCH3 is 4. The molecule has 0 amide bonds. The van der Waals surface area contributed by atoms with Crippen LogP contribution >= 0.6 is 0 Å². The van der Waals surface area contributed by atoms with Crippen molar-refractivity contribution in [2.45, 2.75) is 26.4 Å². The smallest absolute Gasteiger partial charge is 0.203 e. The number of hydrogen-bond acceptors (Lipinski definition) is 7. The van der Waals surface area contributed by atoms with E-state index in [0.717, 1.165) is 5.56 Å². The number of fused-ring (bicyclic) bond motifs is 3. The molecule has 0 fully saturated rings. The lowest BCUT2D eigenvalue weighted by Gasteiger charge is -2.33. The van der Waals surface area contributed by atoms with E-state index in [1.165, 1.54) is 34.5 Å². The van der Waals surface area contributed by atoms with Gasteiger partial charge in [0, 0.05) is 11.1 Å². The van der Waals surface area contributed by atoms with Crippen LogP contribution < -0.4 is 18.9 Å². The molecule has 0 aliphatic heterocycles. The fraction of sp³-hybridized carbons (Fsp3) is 0.455. The van der Waals surface area contributed by atoms with Crippen LogP contribution in [0.5, 0.6) is 34.5 Å². The predicted octanol–water partition coefficient (Wildman–Crippen LogP) is 3.66. The minimum atomic E-state index is -0.858. The van der Waals surface area contributed by atoms with Crippen molar-refractivity contribution < 1.29 is 34.3 Å². The summed E-state index contributed by atoms with van der Waals surface area (Å²) >= 11 is 0. The SMILES string of the molecule is COc1c(O)cc2c(c1OC)-c1c(cc(O)c(OC)c1OC)[C@H](O)[C@@H](C)[C@@H](C)C2. The van der Waals surface area contributed by atoms with Crippen molar-refractivity contribution in [3.63, 3.8) is 0 Å². The van der Waals surface area contributed by atoms with Gasteiger partial charge in [-0.15, -0.1) is 0 Å². The van der Waals surface area contributed by atoms with Crippen LogP contribution in [0.3, 0.4) is 0 Å². The summed E-state index contributed by atoms with van der Waals surface area (Å²) in [5.74, 6) is 0.740. The highest BCUT2D eigenvalue weighted by atomic mass is 16.5. The number of phenols is 2. The molecule has 0 bridgehead atoms. The highest BCUT2D eigenvalue weighted by Crippen LogP contribution is 2.56. The maximum Gasteiger partial charge on any atom is 0.203 e. The van der Waals surface area contributed by atoms with Gasteiger partial charge in [0.2, 0.25) is 11.5 Å². The second-order valence-electron chi connectivity index (χ2n) is 7.41. The molecule has 7 nitrogen and oxygen atoms in total. The Labute approximate surface area is 170 Å². The lowest BCUT2D eigenvalue weighted by atomic mass is 9.76. The van der Waals surface area contributed by atoms with Crippen LogP contribution in [0.15, 0.2) is 12.1 Å². The van der Waals surface area contributed by atoms with E-state index in [1.807, 2.05) is 13.8 Å². The van der Waals surface area contributed by atoms with Crippen molar-refractivity contribution in [3.05, 3.63) is 23.3 Å². The van der Waals surface area contributed by atoms with Gasteiger partial charge in [0.15, 0.2) is 23.0 Å². The number of rotatable bonds is 4. The number of benzene rings is 2. The van der Waals surface area contributed by atoms with Crippen molar-refractivity contribution >= 4 is 0 Å². The third kappa shape index (κ3) is 3.19. The van der Waals surface area contributed by atoms with Crippen molar-refractivity contribution in [1.29, 1.82) is 0 Å². The first-order valence-electron chi connectivity index (χ1n) is 9.43. The molecule has 1 aliphatic rings. The third-order valence-corrected chi connectivity index (χ3v) is 5.87. The lowest BCUT2D eigenvalue weighted by Crippen LogP contribution is -2.22. The molecule has 3 N–H and O–H groups in total. The molecule has 7 heteroatoms. The summed E-state index contributed by atoms with van der Waals surface area (Å²) in [5, 5.41) is 32.2. The fourth-order valence-electron chi connectivity index (χ4n) is 4.16. The number of aliphatic hydroxyl groups is 1. The average Bonchev–Trinajstić information content (AvgIpc) is 2.70. The molecule has 29 heavy (non-hydrogen) atoms. The Morgan fingerprint density at radius 1 is 0.759 bits per heavy atom. The molecule has 0 radical (unpaired) electrons. The van der Waals surface area contributed by atoms with Crippen LogP contribution in [0, 0.1) is 11.8 Å². The van der Waals surface area contributed by atoms with Crippen molar-refractivity contribution in [1.82, 2.24) is 0 Å². The van der Waals surface area contributed by atoms with Gasteiger partial charge in [0.05, 0.1) is 34.5 Å². The maximum atomic E-state index is 11.2. The summed E-state index contributed by atoms with van der Waals surface area (Å²) in [5.41, 5.74) is 2.48. The average molecular weight is 404 g/mol. The van der Waals surface area contributed by atoms with E-state index in [9.17, 15) is 15.3 Å². The Morgan fingerprint density at radius 3 is 1.76 bits per heavy atom. The highest BCUT2D eigenvalue weighted by molar-refractivity contribution is 5.88. The molecule has 3 atom stereocenters. The number of phenolic OH excluding ortho intramolecular Hbond substituents is 2. The minimum Gasteiger partial charge on any atom is -0.504 e. The van der Waals surface area contributed by atoms with Crippen LogP contribution in [0.1, 0.15) is 31.1 Å². The van der Waals surface area contributed by atoms with E-state index < -0.39 is 6.10 Å². The maximum absolute atomic E-state index is 11.2. The Kier molecular flexibility index (Phi) is 5.71. The van der Waals surface area contributed by atoms with Crippen LogP contribution in [0.4, 0.5) is 0 Å². The lowest BCUT2D eigenvalue weighted by molar-refractivity contribution is 0.0862. The summed E-state index contributed by atoms with van der Waals surface area (Å²) in [6.45, 7) is 4.00. The Hall–Kier alpha value is -2.80. The molecular formula is C22H28O7. The molecule has 0 unspecified atom stereocenters. The molecule has 3 rings (SSSR count). The van der Waals surface area contributed by atoms with E-state index in [0.29, 0.717) is 28.9 Å². The van der Waals surface area contributed by atoms with Gasteiger partial charge in [-0.25, -0.2) is 0 Å². The molecule has 1 aliphatic carbocycles. The quantitative estimate of drug-likeness (QED) is 0.715. The van der Waals surface area contributed by atoms with E-state index in [1.54, 1.807) is 6.07 Å². The molecule has 0 heterocycles. The fourth-order valence-corrected chi connectivity index (χ4v) is 4.16. The van der Waals surface area contributed by atoms with Gasteiger partial charge < -0.3 is 34.3 Å². The van der Waals surface area contributed by atoms with Gasteiger partial charge in [-0.05, 0) is 41.5 Å². The largest absolute Gasteiger partial charge is 0.504 e. The Morgan fingerprint density at radius 2 is 1.24 bits per heavy atom. The third-order valence-electron chi connectivity index (χ3n) is 5.87. The first kappa shape index (κ1) is 20.9. The Balaban J connectivity index is 2.55. The molecular weight excluding hydrogens is 376 g/mol. The van der Waals surface area contributed by atoms with Crippen LogP contribution in [0.25, 0.3) is 11.1 Å². The van der Waals surface area contributed by atoms with Gasteiger partial charge in [-0.2, -0.15) is 0 Å². The second kappa shape index (κ2) is 7.91. The van der Waals surface area contributed by atoms with Crippen LogP contribution in [-0.2, 0) is 6.42 Å². The monoisotopic (exact) mass is 404 g/mol. The normalized spacial score (nSPS) is 20.7. The van der Waals surface area contributed by atoms with Gasteiger partial charge >= 0.3 is 0 Å². The summed E-state index contributed by atoms with van der Waals surface area (Å²) in [6, 6.07) is 3.15. The molecule has 2 aromatic rings. The van der Waals surface area contributed by atoms with Crippen molar-refractivity contribution in [3.8, 4) is 45.6 Å². The number of aliphatic hydroxyl groups excluding tert-OH is 1. The molecule has 0 aromatic heterocycles. The van der Waals surface area contributed by atoms with Crippen LogP contribution in [-0.4, -0.2) is 43.8 Å². The molecule has 0 spiro atoms. The number of ether oxygens (including phenoxy) is 4. The minimum absolute atomic E-state index is 0.0321. The zero-order valence-electron chi connectivity index (χ0n) is 17.6. The van der Waals surface area contributed by atoms with Crippen molar-refractivity contribution in [2.24, 2.45) is 11.8 Å². The zero-order valence-corrected chi connectivity index (χ0v) is 17.6. The summed E-state index contributed by atoms with van der Waals surface area (Å²) < 4.78 is 22.0. The van der Waals surface area contributed by atoms with E-state index >= 15 is 0 Å². The van der Waals surface area contributed by atoms with Crippen LogP contribution in [0.2, 0.25) is 0 Å². The molecule has 158 valence electrons. The first-order valence-corrected chi connectivity index (χ1v) is 9.43. The summed E-state index contributed by atoms with van der Waals surface area (Å²) in [4.78, 5) is 0. The van der Waals surface area contributed by atoms with Gasteiger partial charge in [-0.1, -0.05) is 13.8 Å². The van der Waals surface area contributed by atoms with E-state index in [4.69, 9.17) is 18.9 Å². The zero-order chi connectivity index (χ0) is 21.5. The second-order valence-corrected chi connectivity index (χ2v) is 7.41. The Bertz CT molecular complexity index is 922. The topological polar surface area (TPSA) is 97.6 Å². The first-order chi connectivity index (χ1) is 13.8. The predicted molar refractivity (Wildman–Crippen MR) is 108 cm³/mol. The highest BCUT2D eigenvalue weighted by Gasteiger charge is 2.36. The van der Waals surface area contributed by atoms with Gasteiger partial charge in [0.1, 0.15) is 0 Å². The van der Waals surface area contributed by atoms with Gasteiger partial charge in [-0.3, -0.25) is 0 Å².